The molecule has 0 aliphatic heterocycles. The van der Waals surface area contributed by atoms with Gasteiger partial charge in [-0.1, -0.05) is 146 Å². The Labute approximate surface area is 229 Å². The molecule has 0 saturated heterocycles. The van der Waals surface area contributed by atoms with E-state index in [1.165, 1.54) is 32.2 Å². The van der Waals surface area contributed by atoms with E-state index in [1.54, 1.807) is 0 Å². The molecule has 7 aromatic rings. The van der Waals surface area contributed by atoms with Crippen molar-refractivity contribution in [3.63, 3.8) is 0 Å². The molecule has 6 aromatic carbocycles. The lowest BCUT2D eigenvalue weighted by Gasteiger charge is -2.24. The maximum Gasteiger partial charge on any atom is 0.160 e. The fourth-order valence-electron chi connectivity index (χ4n) is 5.26. The van der Waals surface area contributed by atoms with Crippen molar-refractivity contribution in [1.82, 2.24) is 9.97 Å². The average Bonchev–Trinajstić information content (AvgIpc) is 3.02. The van der Waals surface area contributed by atoms with Crippen molar-refractivity contribution < 1.29 is 0 Å². The van der Waals surface area contributed by atoms with Crippen molar-refractivity contribution in [2.75, 3.05) is 0 Å². The number of rotatable bonds is 5. The zero-order chi connectivity index (χ0) is 26.0. The van der Waals surface area contributed by atoms with E-state index in [1.807, 2.05) is 18.2 Å². The van der Waals surface area contributed by atoms with Crippen LogP contribution in [-0.4, -0.2) is 9.97 Å². The summed E-state index contributed by atoms with van der Waals surface area (Å²) in [5.41, 5.74) is 4.12. The molecule has 0 spiro atoms. The van der Waals surface area contributed by atoms with Crippen LogP contribution in [0.25, 0.3) is 44.3 Å². The third kappa shape index (κ3) is 4.40. The molecule has 7 rings (SSSR count). The highest BCUT2D eigenvalue weighted by Gasteiger charge is 2.24. The Bertz CT molecular complexity index is 1860. The van der Waals surface area contributed by atoms with E-state index >= 15 is 0 Å². The maximum absolute atomic E-state index is 5.32. The van der Waals surface area contributed by atoms with Gasteiger partial charge in [-0.25, -0.2) is 9.97 Å². The number of fused-ring (bicyclic) bond motifs is 2. The van der Waals surface area contributed by atoms with E-state index in [2.05, 4.69) is 133 Å². The van der Waals surface area contributed by atoms with Crippen LogP contribution in [0.4, 0.5) is 0 Å². The minimum Gasteiger partial charge on any atom is -0.228 e. The first-order valence-corrected chi connectivity index (χ1v) is 14.5. The van der Waals surface area contributed by atoms with Crippen LogP contribution in [0.5, 0.6) is 0 Å². The number of nitrogens with zero attached hydrogens (tertiary/aromatic N) is 2. The highest BCUT2D eigenvalue weighted by Crippen LogP contribution is 2.41. The van der Waals surface area contributed by atoms with Gasteiger partial charge in [0.25, 0.3) is 0 Å². The van der Waals surface area contributed by atoms with Crippen molar-refractivity contribution in [2.24, 2.45) is 0 Å². The molecule has 0 N–H and O–H groups in total. The maximum atomic E-state index is 5.32. The number of para-hydroxylation sites is 1. The Kier molecular flexibility index (Phi) is 6.17. The van der Waals surface area contributed by atoms with Crippen LogP contribution in [0.2, 0.25) is 0 Å². The van der Waals surface area contributed by atoms with Crippen molar-refractivity contribution >= 4 is 45.5 Å². The Morgan fingerprint density at radius 2 is 1.00 bits per heavy atom. The standard InChI is InChI=1S/C36H25N2P/c1-4-15-27(16-5-1)36-37-32-23-13-12-22-31(32)35(38-36)34-30-21-11-10-14-26(30)24-25-33(34)39(28-17-6-2-7-18-28)29-19-8-3-9-20-29/h1-25H. The first-order valence-electron chi connectivity index (χ1n) is 13.1. The van der Waals surface area contributed by atoms with E-state index < -0.39 is 7.92 Å². The molecule has 0 aliphatic rings. The van der Waals surface area contributed by atoms with Crippen LogP contribution in [0.3, 0.4) is 0 Å². The van der Waals surface area contributed by atoms with Crippen molar-refractivity contribution in [3.05, 3.63) is 152 Å². The fourth-order valence-corrected chi connectivity index (χ4v) is 7.73. The second kappa shape index (κ2) is 10.3. The summed E-state index contributed by atoms with van der Waals surface area (Å²) in [5, 5.41) is 7.40. The summed E-state index contributed by atoms with van der Waals surface area (Å²) in [6, 6.07) is 53.7. The van der Waals surface area contributed by atoms with Crippen LogP contribution >= 0.6 is 7.92 Å². The summed E-state index contributed by atoms with van der Waals surface area (Å²) in [6.07, 6.45) is 0. The van der Waals surface area contributed by atoms with Crippen molar-refractivity contribution in [2.45, 2.75) is 0 Å². The van der Waals surface area contributed by atoms with Crippen LogP contribution in [0, 0.1) is 0 Å². The van der Waals surface area contributed by atoms with Gasteiger partial charge in [0.15, 0.2) is 5.82 Å². The molecule has 1 aromatic heterocycles. The Hall–Kier alpha value is -4.65. The van der Waals surface area contributed by atoms with E-state index in [0.29, 0.717) is 0 Å². The summed E-state index contributed by atoms with van der Waals surface area (Å²) in [4.78, 5) is 10.3. The molecular formula is C36H25N2P. The molecule has 0 fully saturated rings. The quantitative estimate of drug-likeness (QED) is 0.218. The van der Waals surface area contributed by atoms with Gasteiger partial charge in [-0.05, 0) is 40.7 Å². The SMILES string of the molecule is c1ccc(-c2nc(-c3c(P(c4ccccc4)c4ccccc4)ccc4ccccc34)c3ccccc3n2)cc1. The second-order valence-corrected chi connectivity index (χ2v) is 11.7. The molecular weight excluding hydrogens is 491 g/mol. The summed E-state index contributed by atoms with van der Waals surface area (Å²) < 4.78 is 0. The van der Waals surface area contributed by atoms with Crippen LogP contribution < -0.4 is 15.9 Å². The topological polar surface area (TPSA) is 25.8 Å². The smallest absolute Gasteiger partial charge is 0.160 e. The molecule has 0 bridgehead atoms. The minimum atomic E-state index is -0.843. The summed E-state index contributed by atoms with van der Waals surface area (Å²) in [7, 11) is -0.843. The number of benzene rings is 6. The van der Waals surface area contributed by atoms with E-state index in [0.717, 1.165) is 28.0 Å². The highest BCUT2D eigenvalue weighted by molar-refractivity contribution is 7.80. The minimum absolute atomic E-state index is 0.743. The lowest BCUT2D eigenvalue weighted by atomic mass is 9.99. The van der Waals surface area contributed by atoms with Gasteiger partial charge in [0.2, 0.25) is 0 Å². The monoisotopic (exact) mass is 516 g/mol. The van der Waals surface area contributed by atoms with E-state index in [4.69, 9.17) is 9.97 Å². The van der Waals surface area contributed by atoms with Gasteiger partial charge in [-0.2, -0.15) is 0 Å². The van der Waals surface area contributed by atoms with Gasteiger partial charge in [-0.3, -0.25) is 0 Å². The molecule has 0 unspecified atom stereocenters. The number of hydrogen-bond donors (Lipinski definition) is 0. The highest BCUT2D eigenvalue weighted by atomic mass is 31.1. The zero-order valence-electron chi connectivity index (χ0n) is 21.3. The molecule has 3 heteroatoms. The number of hydrogen-bond acceptors (Lipinski definition) is 2. The second-order valence-electron chi connectivity index (χ2n) is 9.47. The molecule has 2 nitrogen and oxygen atoms in total. The van der Waals surface area contributed by atoms with Crippen molar-refractivity contribution in [3.8, 4) is 22.6 Å². The third-order valence-electron chi connectivity index (χ3n) is 7.05. The van der Waals surface area contributed by atoms with Crippen LogP contribution in [-0.2, 0) is 0 Å². The van der Waals surface area contributed by atoms with Crippen LogP contribution in [0.15, 0.2) is 152 Å². The van der Waals surface area contributed by atoms with Crippen molar-refractivity contribution in [1.29, 1.82) is 0 Å². The number of aromatic nitrogens is 2. The predicted octanol–water partition coefficient (Wildman–Crippen LogP) is 7.88. The van der Waals surface area contributed by atoms with Gasteiger partial charge < -0.3 is 0 Å². The van der Waals surface area contributed by atoms with E-state index in [-0.39, 0.29) is 0 Å². The summed E-state index contributed by atoms with van der Waals surface area (Å²) in [5.74, 6) is 0.743. The predicted molar refractivity (Wildman–Crippen MR) is 167 cm³/mol. The van der Waals surface area contributed by atoms with Gasteiger partial charge in [0, 0.05) is 16.5 Å². The molecule has 0 aliphatic carbocycles. The third-order valence-corrected chi connectivity index (χ3v) is 9.53. The Balaban J connectivity index is 1.60. The Morgan fingerprint density at radius 3 is 1.69 bits per heavy atom. The summed E-state index contributed by atoms with van der Waals surface area (Å²) in [6.45, 7) is 0. The van der Waals surface area contributed by atoms with Gasteiger partial charge in [0.1, 0.15) is 0 Å². The lowest BCUT2D eigenvalue weighted by molar-refractivity contribution is 1.23. The van der Waals surface area contributed by atoms with Gasteiger partial charge in [-0.15, -0.1) is 0 Å². The normalized spacial score (nSPS) is 11.3. The van der Waals surface area contributed by atoms with Crippen LogP contribution in [0.1, 0.15) is 0 Å². The molecule has 0 atom stereocenters. The largest absolute Gasteiger partial charge is 0.228 e. The Morgan fingerprint density at radius 1 is 0.436 bits per heavy atom. The first-order chi connectivity index (χ1) is 19.4. The average molecular weight is 517 g/mol. The fraction of sp³-hybridized carbons (Fsp3) is 0. The zero-order valence-corrected chi connectivity index (χ0v) is 22.2. The first kappa shape index (κ1) is 23.5. The molecule has 184 valence electrons. The molecule has 39 heavy (non-hydrogen) atoms. The molecule has 0 amide bonds. The van der Waals surface area contributed by atoms with Gasteiger partial charge in [0.05, 0.1) is 11.2 Å². The molecule has 0 radical (unpaired) electrons. The lowest BCUT2D eigenvalue weighted by Crippen LogP contribution is -2.22. The van der Waals surface area contributed by atoms with Gasteiger partial charge >= 0.3 is 0 Å². The molecule has 0 saturated carbocycles. The summed E-state index contributed by atoms with van der Waals surface area (Å²) >= 11 is 0. The van der Waals surface area contributed by atoms with E-state index in [9.17, 15) is 0 Å². The molecule has 1 heterocycles.